The van der Waals surface area contributed by atoms with Crippen molar-refractivity contribution in [3.05, 3.63) is 82.0 Å². The molecule has 0 aromatic heterocycles. The molecule has 0 saturated heterocycles. The standard InChI is InChI=1S/C27H35NO6P2/c1-18-13-22-17-23-14-19(2)21(4)16-26(23)28(25(22)15-20(18)3)24-5-7-27(8-6-24,9-11-35(29,30)31)10-12-36(32,33)34/h5-8,13-16,24H,9-12,17H2,1-4H3,(H2,29,30,31)(H2,32,33,34). The van der Waals surface area contributed by atoms with E-state index in [1.54, 1.807) is 0 Å². The molecular weight excluding hydrogens is 496 g/mol. The van der Waals surface area contributed by atoms with Crippen molar-refractivity contribution in [1.29, 1.82) is 0 Å². The highest BCUT2D eigenvalue weighted by Gasteiger charge is 2.35. The van der Waals surface area contributed by atoms with Crippen LogP contribution < -0.4 is 4.90 Å². The summed E-state index contributed by atoms with van der Waals surface area (Å²) in [5, 5.41) is 0. The van der Waals surface area contributed by atoms with Crippen LogP contribution in [-0.4, -0.2) is 37.9 Å². The van der Waals surface area contributed by atoms with Crippen molar-refractivity contribution in [1.82, 2.24) is 0 Å². The van der Waals surface area contributed by atoms with Crippen LogP contribution in [0.1, 0.15) is 46.2 Å². The smallest absolute Gasteiger partial charge is 0.325 e. The second-order valence-corrected chi connectivity index (χ2v) is 13.9. The first-order valence-electron chi connectivity index (χ1n) is 12.1. The summed E-state index contributed by atoms with van der Waals surface area (Å²) in [5.74, 6) is 0. The summed E-state index contributed by atoms with van der Waals surface area (Å²) in [4.78, 5) is 40.2. The first-order chi connectivity index (χ1) is 16.7. The third-order valence-electron chi connectivity index (χ3n) is 7.58. The van der Waals surface area contributed by atoms with Gasteiger partial charge < -0.3 is 24.5 Å². The zero-order valence-corrected chi connectivity index (χ0v) is 23.0. The maximum absolute atomic E-state index is 11.6. The fourth-order valence-corrected chi connectivity index (χ4v) is 6.56. The molecule has 4 rings (SSSR count). The van der Waals surface area contributed by atoms with Gasteiger partial charge in [-0.25, -0.2) is 0 Å². The fourth-order valence-electron chi connectivity index (χ4n) is 5.15. The summed E-state index contributed by atoms with van der Waals surface area (Å²) in [5.41, 5.74) is 8.81. The van der Waals surface area contributed by atoms with Crippen molar-refractivity contribution in [2.75, 3.05) is 17.2 Å². The van der Waals surface area contributed by atoms with Gasteiger partial charge in [0.2, 0.25) is 0 Å². The van der Waals surface area contributed by atoms with Gasteiger partial charge in [-0.3, -0.25) is 9.13 Å². The molecule has 4 N–H and O–H groups in total. The molecular formula is C27H35NO6P2. The highest BCUT2D eigenvalue weighted by atomic mass is 31.2. The molecule has 36 heavy (non-hydrogen) atoms. The molecule has 0 bridgehead atoms. The highest BCUT2D eigenvalue weighted by Crippen LogP contribution is 2.48. The van der Waals surface area contributed by atoms with Crippen molar-refractivity contribution >= 4 is 26.6 Å². The molecule has 1 aliphatic carbocycles. The lowest BCUT2D eigenvalue weighted by Crippen LogP contribution is -2.35. The van der Waals surface area contributed by atoms with Crippen LogP contribution in [0.5, 0.6) is 0 Å². The van der Waals surface area contributed by atoms with Crippen LogP contribution in [-0.2, 0) is 15.6 Å². The molecule has 194 valence electrons. The molecule has 2 aliphatic rings. The number of benzene rings is 2. The molecule has 2 aromatic carbocycles. The van der Waals surface area contributed by atoms with Crippen LogP contribution in [0.4, 0.5) is 11.4 Å². The van der Waals surface area contributed by atoms with E-state index in [1.807, 2.05) is 24.3 Å². The number of hydrogen-bond donors (Lipinski definition) is 4. The number of fused-ring (bicyclic) bond motifs is 2. The summed E-state index contributed by atoms with van der Waals surface area (Å²) >= 11 is 0. The number of hydrogen-bond acceptors (Lipinski definition) is 3. The van der Waals surface area contributed by atoms with Gasteiger partial charge >= 0.3 is 15.2 Å². The Balaban J connectivity index is 1.75. The van der Waals surface area contributed by atoms with E-state index in [0.29, 0.717) is 0 Å². The topological polar surface area (TPSA) is 118 Å². The van der Waals surface area contributed by atoms with Gasteiger partial charge in [-0.1, -0.05) is 36.4 Å². The van der Waals surface area contributed by atoms with E-state index in [0.717, 1.165) is 17.8 Å². The number of aryl methyl sites for hydroxylation is 4. The lowest BCUT2D eigenvalue weighted by Gasteiger charge is -2.41. The zero-order chi connectivity index (χ0) is 26.5. The molecule has 0 amide bonds. The minimum atomic E-state index is -4.26. The molecule has 0 radical (unpaired) electrons. The van der Waals surface area contributed by atoms with E-state index in [1.165, 1.54) is 33.4 Å². The van der Waals surface area contributed by atoms with Crippen molar-refractivity contribution in [2.45, 2.75) is 53.0 Å². The van der Waals surface area contributed by atoms with Crippen LogP contribution in [0.15, 0.2) is 48.6 Å². The summed E-state index contributed by atoms with van der Waals surface area (Å²) in [7, 11) is -8.52. The summed E-state index contributed by atoms with van der Waals surface area (Å²) in [6.07, 6.45) is 8.16. The maximum Gasteiger partial charge on any atom is 0.325 e. The summed E-state index contributed by atoms with van der Waals surface area (Å²) < 4.78 is 23.2. The average molecular weight is 532 g/mol. The van der Waals surface area contributed by atoms with Crippen LogP contribution >= 0.6 is 15.2 Å². The molecule has 1 aliphatic heterocycles. The van der Waals surface area contributed by atoms with Crippen molar-refractivity contribution in [3.8, 4) is 0 Å². The predicted molar refractivity (Wildman–Crippen MR) is 144 cm³/mol. The van der Waals surface area contributed by atoms with E-state index in [4.69, 9.17) is 0 Å². The normalized spacial score (nSPS) is 17.3. The number of allylic oxidation sites excluding steroid dienone is 2. The molecule has 0 saturated carbocycles. The van der Waals surface area contributed by atoms with E-state index < -0.39 is 20.6 Å². The Morgan fingerprint density at radius 3 is 1.53 bits per heavy atom. The van der Waals surface area contributed by atoms with E-state index in [2.05, 4.69) is 56.9 Å². The lowest BCUT2D eigenvalue weighted by atomic mass is 9.78. The van der Waals surface area contributed by atoms with Crippen molar-refractivity contribution < 1.29 is 28.7 Å². The number of nitrogens with zero attached hydrogens (tertiary/aromatic N) is 1. The fraction of sp³-hybridized carbons (Fsp3) is 0.407. The Hall–Kier alpha value is -1.98. The van der Waals surface area contributed by atoms with E-state index in [9.17, 15) is 28.7 Å². The summed E-state index contributed by atoms with van der Waals surface area (Å²) in [6.45, 7) is 8.44. The van der Waals surface area contributed by atoms with Crippen molar-refractivity contribution in [3.63, 3.8) is 0 Å². The Kier molecular flexibility index (Phi) is 7.31. The lowest BCUT2D eigenvalue weighted by molar-refractivity contribution is 0.347. The molecule has 7 nitrogen and oxygen atoms in total. The molecule has 0 unspecified atom stereocenters. The van der Waals surface area contributed by atoms with Gasteiger partial charge in [0.05, 0.1) is 18.4 Å². The highest BCUT2D eigenvalue weighted by molar-refractivity contribution is 7.52. The monoisotopic (exact) mass is 531 g/mol. The molecule has 1 heterocycles. The van der Waals surface area contributed by atoms with Crippen LogP contribution in [0.2, 0.25) is 0 Å². The maximum atomic E-state index is 11.6. The van der Waals surface area contributed by atoms with Gasteiger partial charge in [0.15, 0.2) is 0 Å². The van der Waals surface area contributed by atoms with E-state index in [-0.39, 0.29) is 31.2 Å². The van der Waals surface area contributed by atoms with Crippen LogP contribution in [0.3, 0.4) is 0 Å². The first kappa shape index (κ1) is 27.1. The average Bonchev–Trinajstić information content (AvgIpc) is 2.77. The predicted octanol–water partition coefficient (Wildman–Crippen LogP) is 5.58. The Labute approximate surface area is 212 Å². The summed E-state index contributed by atoms with van der Waals surface area (Å²) in [6, 6.07) is 8.78. The van der Waals surface area contributed by atoms with Gasteiger partial charge in [-0.15, -0.1) is 0 Å². The van der Waals surface area contributed by atoms with Crippen molar-refractivity contribution in [2.24, 2.45) is 5.41 Å². The first-order valence-corrected chi connectivity index (χ1v) is 15.7. The van der Waals surface area contributed by atoms with Gasteiger partial charge in [-0.05, 0) is 86.1 Å². The van der Waals surface area contributed by atoms with Gasteiger partial charge in [0.1, 0.15) is 0 Å². The molecule has 0 atom stereocenters. The molecule has 0 spiro atoms. The largest absolute Gasteiger partial charge is 0.330 e. The molecule has 2 aromatic rings. The third-order valence-corrected chi connectivity index (χ3v) is 9.19. The van der Waals surface area contributed by atoms with Gasteiger partial charge in [0.25, 0.3) is 0 Å². The minimum Gasteiger partial charge on any atom is -0.330 e. The Bertz CT molecular complexity index is 1240. The second-order valence-electron chi connectivity index (χ2n) is 10.4. The second kappa shape index (κ2) is 9.72. The third kappa shape index (κ3) is 5.94. The SMILES string of the molecule is Cc1cc2c(cc1C)N(C1C=CC(CCP(=O)(O)O)(CCP(=O)(O)O)C=C1)c1cc(C)c(C)cc1C2. The van der Waals surface area contributed by atoms with Gasteiger partial charge in [-0.2, -0.15) is 0 Å². The number of anilines is 2. The minimum absolute atomic E-state index is 0.112. The molecule has 0 fully saturated rings. The Morgan fingerprint density at radius 2 is 1.14 bits per heavy atom. The Morgan fingerprint density at radius 1 is 0.750 bits per heavy atom. The zero-order valence-electron chi connectivity index (χ0n) is 21.2. The van der Waals surface area contributed by atoms with Crippen LogP contribution in [0.25, 0.3) is 0 Å². The molecule has 9 heteroatoms. The quantitative estimate of drug-likeness (QED) is 0.272. The van der Waals surface area contributed by atoms with Gasteiger partial charge in [0, 0.05) is 23.2 Å². The number of rotatable bonds is 7. The van der Waals surface area contributed by atoms with Crippen LogP contribution in [0, 0.1) is 33.1 Å². The van der Waals surface area contributed by atoms with E-state index >= 15 is 0 Å².